The number of hydrogen-bond donors (Lipinski definition) is 1. The molecule has 3 heteroatoms. The van der Waals surface area contributed by atoms with Crippen LogP contribution in [0.1, 0.15) is 31.2 Å². The average molecular weight is 249 g/mol. The fourth-order valence-electron chi connectivity index (χ4n) is 2.57. The second kappa shape index (κ2) is 6.10. The first-order chi connectivity index (χ1) is 8.72. The van der Waals surface area contributed by atoms with E-state index in [9.17, 15) is 0 Å². The van der Waals surface area contributed by atoms with E-state index in [4.69, 9.17) is 9.47 Å². The van der Waals surface area contributed by atoms with Gasteiger partial charge in [0, 0.05) is 6.04 Å². The van der Waals surface area contributed by atoms with Gasteiger partial charge in [0.15, 0.2) is 11.5 Å². The van der Waals surface area contributed by atoms with Crippen LogP contribution in [0.15, 0.2) is 18.2 Å². The normalized spacial score (nSPS) is 23.7. The van der Waals surface area contributed by atoms with Gasteiger partial charge in [-0.05, 0) is 57.4 Å². The summed E-state index contributed by atoms with van der Waals surface area (Å²) in [6.45, 7) is 2.06. The third-order valence-corrected chi connectivity index (χ3v) is 3.65. The number of nitrogens with one attached hydrogen (secondary N) is 1. The molecule has 0 aromatic heterocycles. The van der Waals surface area contributed by atoms with Crippen LogP contribution in [0.2, 0.25) is 0 Å². The zero-order valence-electron chi connectivity index (χ0n) is 11.5. The first-order valence-corrected chi connectivity index (χ1v) is 6.71. The molecule has 3 nitrogen and oxygen atoms in total. The van der Waals surface area contributed by atoms with E-state index in [-0.39, 0.29) is 0 Å². The summed E-state index contributed by atoms with van der Waals surface area (Å²) in [5.41, 5.74) is 1.19. The summed E-state index contributed by atoms with van der Waals surface area (Å²) in [6, 6.07) is 6.68. The molecule has 0 spiro atoms. The minimum atomic E-state index is 0.299. The molecule has 100 valence electrons. The van der Waals surface area contributed by atoms with Gasteiger partial charge >= 0.3 is 0 Å². The topological polar surface area (TPSA) is 30.5 Å². The lowest BCUT2D eigenvalue weighted by Crippen LogP contribution is -2.36. The Kier molecular flexibility index (Phi) is 4.48. The van der Waals surface area contributed by atoms with Crippen LogP contribution in [0, 0.1) is 6.92 Å². The maximum absolute atomic E-state index is 6.10. The van der Waals surface area contributed by atoms with Crippen molar-refractivity contribution >= 4 is 0 Å². The van der Waals surface area contributed by atoms with E-state index in [0.29, 0.717) is 12.1 Å². The maximum Gasteiger partial charge on any atom is 0.161 e. The lowest BCUT2D eigenvalue weighted by atomic mass is 9.93. The average Bonchev–Trinajstić information content (AvgIpc) is 2.41. The van der Waals surface area contributed by atoms with Crippen LogP contribution in [0.4, 0.5) is 0 Å². The van der Waals surface area contributed by atoms with Crippen molar-refractivity contribution in [3.8, 4) is 11.5 Å². The Morgan fingerprint density at radius 3 is 2.78 bits per heavy atom. The van der Waals surface area contributed by atoms with Crippen LogP contribution in [-0.2, 0) is 0 Å². The molecule has 1 N–H and O–H groups in total. The van der Waals surface area contributed by atoms with Crippen molar-refractivity contribution in [2.24, 2.45) is 0 Å². The predicted octanol–water partition coefficient (Wildman–Crippen LogP) is 2.91. The standard InChI is InChI=1S/C15H23NO2/c1-11-7-8-14(15(9-11)17-3)18-13-6-4-5-12(10-13)16-2/h7-9,12-13,16H,4-6,10H2,1-3H3. The third kappa shape index (κ3) is 3.16. The lowest BCUT2D eigenvalue weighted by Gasteiger charge is -2.29. The van der Waals surface area contributed by atoms with Crippen molar-refractivity contribution in [1.29, 1.82) is 0 Å². The van der Waals surface area contributed by atoms with Gasteiger partial charge in [-0.25, -0.2) is 0 Å². The van der Waals surface area contributed by atoms with E-state index in [1.54, 1.807) is 7.11 Å². The molecule has 2 rings (SSSR count). The van der Waals surface area contributed by atoms with Crippen molar-refractivity contribution in [1.82, 2.24) is 5.32 Å². The van der Waals surface area contributed by atoms with Crippen LogP contribution in [0.25, 0.3) is 0 Å². The number of methoxy groups -OCH3 is 1. The summed E-state index contributed by atoms with van der Waals surface area (Å²) in [5.74, 6) is 1.70. The summed E-state index contributed by atoms with van der Waals surface area (Å²) in [7, 11) is 3.72. The van der Waals surface area contributed by atoms with E-state index in [1.807, 2.05) is 19.2 Å². The largest absolute Gasteiger partial charge is 0.493 e. The second-order valence-electron chi connectivity index (χ2n) is 5.05. The molecular formula is C15H23NO2. The van der Waals surface area contributed by atoms with Gasteiger partial charge in [-0.3, -0.25) is 0 Å². The Morgan fingerprint density at radius 1 is 1.22 bits per heavy atom. The second-order valence-corrected chi connectivity index (χ2v) is 5.05. The smallest absolute Gasteiger partial charge is 0.161 e. The molecule has 1 aliphatic rings. The number of aryl methyl sites for hydroxylation is 1. The molecule has 2 atom stereocenters. The quantitative estimate of drug-likeness (QED) is 0.890. The van der Waals surface area contributed by atoms with Gasteiger partial charge in [0.2, 0.25) is 0 Å². The van der Waals surface area contributed by atoms with Crippen molar-refractivity contribution in [2.45, 2.75) is 44.8 Å². The fraction of sp³-hybridized carbons (Fsp3) is 0.600. The first kappa shape index (κ1) is 13.2. The molecule has 0 amide bonds. The molecule has 1 aromatic carbocycles. The molecule has 0 saturated heterocycles. The Bertz CT molecular complexity index is 392. The minimum absolute atomic E-state index is 0.299. The van der Waals surface area contributed by atoms with Crippen LogP contribution < -0.4 is 14.8 Å². The molecule has 0 bridgehead atoms. The number of benzene rings is 1. The Hall–Kier alpha value is -1.22. The van der Waals surface area contributed by atoms with E-state index in [0.717, 1.165) is 24.3 Å². The van der Waals surface area contributed by atoms with Crippen molar-refractivity contribution in [2.75, 3.05) is 14.2 Å². The zero-order chi connectivity index (χ0) is 13.0. The number of rotatable bonds is 4. The van der Waals surface area contributed by atoms with E-state index >= 15 is 0 Å². The van der Waals surface area contributed by atoms with E-state index in [1.165, 1.54) is 18.4 Å². The van der Waals surface area contributed by atoms with Gasteiger partial charge < -0.3 is 14.8 Å². The molecule has 0 heterocycles. The van der Waals surface area contributed by atoms with Crippen molar-refractivity contribution < 1.29 is 9.47 Å². The zero-order valence-corrected chi connectivity index (χ0v) is 11.5. The number of ether oxygens (including phenoxy) is 2. The van der Waals surface area contributed by atoms with Gasteiger partial charge in [0.1, 0.15) is 6.10 Å². The highest BCUT2D eigenvalue weighted by molar-refractivity contribution is 5.42. The summed E-state index contributed by atoms with van der Waals surface area (Å²) < 4.78 is 11.5. The highest BCUT2D eigenvalue weighted by Crippen LogP contribution is 2.31. The van der Waals surface area contributed by atoms with Gasteiger partial charge in [-0.1, -0.05) is 6.07 Å². The highest BCUT2D eigenvalue weighted by Gasteiger charge is 2.23. The summed E-state index contributed by atoms with van der Waals surface area (Å²) >= 11 is 0. The summed E-state index contributed by atoms with van der Waals surface area (Å²) in [6.07, 6.45) is 4.99. The highest BCUT2D eigenvalue weighted by atomic mass is 16.5. The van der Waals surface area contributed by atoms with Crippen LogP contribution in [0.5, 0.6) is 11.5 Å². The van der Waals surface area contributed by atoms with Gasteiger partial charge in [0.05, 0.1) is 7.11 Å². The molecule has 0 radical (unpaired) electrons. The first-order valence-electron chi connectivity index (χ1n) is 6.71. The summed E-state index contributed by atoms with van der Waals surface area (Å²) in [4.78, 5) is 0. The van der Waals surface area contributed by atoms with Crippen molar-refractivity contribution in [3.05, 3.63) is 23.8 Å². The van der Waals surface area contributed by atoms with Gasteiger partial charge in [-0.15, -0.1) is 0 Å². The molecule has 1 aliphatic carbocycles. The Morgan fingerprint density at radius 2 is 2.06 bits per heavy atom. The molecule has 18 heavy (non-hydrogen) atoms. The van der Waals surface area contributed by atoms with Gasteiger partial charge in [0.25, 0.3) is 0 Å². The van der Waals surface area contributed by atoms with E-state index in [2.05, 4.69) is 18.3 Å². The van der Waals surface area contributed by atoms with Crippen LogP contribution >= 0.6 is 0 Å². The molecule has 1 fully saturated rings. The third-order valence-electron chi connectivity index (χ3n) is 3.65. The lowest BCUT2D eigenvalue weighted by molar-refractivity contribution is 0.132. The van der Waals surface area contributed by atoms with Crippen LogP contribution in [0.3, 0.4) is 0 Å². The SMILES string of the molecule is CNC1CCCC(Oc2ccc(C)cc2OC)C1. The predicted molar refractivity (Wildman–Crippen MR) is 73.5 cm³/mol. The summed E-state index contributed by atoms with van der Waals surface area (Å²) in [5, 5.41) is 3.35. The fourth-order valence-corrected chi connectivity index (χ4v) is 2.57. The number of hydrogen-bond acceptors (Lipinski definition) is 3. The molecule has 1 aromatic rings. The van der Waals surface area contributed by atoms with Gasteiger partial charge in [-0.2, -0.15) is 0 Å². The molecule has 0 aliphatic heterocycles. The molecule has 1 saturated carbocycles. The molecular weight excluding hydrogens is 226 g/mol. The molecule has 2 unspecified atom stereocenters. The van der Waals surface area contributed by atoms with Crippen molar-refractivity contribution in [3.63, 3.8) is 0 Å². The monoisotopic (exact) mass is 249 g/mol. The Labute approximate surface area is 109 Å². The Balaban J connectivity index is 2.04. The van der Waals surface area contributed by atoms with E-state index < -0.39 is 0 Å². The van der Waals surface area contributed by atoms with Crippen LogP contribution in [-0.4, -0.2) is 26.3 Å². The maximum atomic E-state index is 6.10. The minimum Gasteiger partial charge on any atom is -0.493 e.